The lowest BCUT2D eigenvalue weighted by molar-refractivity contribution is -0.385. The van der Waals surface area contributed by atoms with Crippen molar-refractivity contribution in [3.63, 3.8) is 0 Å². The average molecular weight is 365 g/mol. The van der Waals surface area contributed by atoms with Crippen LogP contribution < -0.4 is 0 Å². The molecular weight excluding hydrogens is 338 g/mol. The van der Waals surface area contributed by atoms with Crippen LogP contribution in [0.5, 0.6) is 0 Å². The molecule has 1 aromatic carbocycles. The Balaban J connectivity index is 3.32. The number of carbonyl (C=O) groups is 1. The fourth-order valence-electron chi connectivity index (χ4n) is 3.21. The van der Waals surface area contributed by atoms with Crippen molar-refractivity contribution in [2.75, 3.05) is 14.2 Å². The molecule has 3 atom stereocenters. The van der Waals surface area contributed by atoms with Gasteiger partial charge in [0.15, 0.2) is 6.10 Å². The molecule has 0 saturated carbocycles. The van der Waals surface area contributed by atoms with Crippen LogP contribution in [-0.4, -0.2) is 42.4 Å². The van der Waals surface area contributed by atoms with Crippen molar-refractivity contribution in [3.8, 4) is 0 Å². The summed E-state index contributed by atoms with van der Waals surface area (Å²) >= 11 is 0. The molecular formula is C19H27NO6. The summed E-state index contributed by atoms with van der Waals surface area (Å²) in [6, 6.07) is 1.57. The molecule has 0 aliphatic rings. The van der Waals surface area contributed by atoms with Crippen molar-refractivity contribution in [3.05, 3.63) is 50.1 Å². The maximum atomic E-state index is 11.7. The third-order valence-electron chi connectivity index (χ3n) is 4.74. The smallest absolute Gasteiger partial charge is 0.338 e. The Morgan fingerprint density at radius 2 is 1.85 bits per heavy atom. The van der Waals surface area contributed by atoms with Crippen molar-refractivity contribution in [2.24, 2.45) is 0 Å². The lowest BCUT2D eigenvalue weighted by atomic mass is 9.86. The Morgan fingerprint density at radius 1 is 1.27 bits per heavy atom. The zero-order valence-corrected chi connectivity index (χ0v) is 16.3. The third-order valence-corrected chi connectivity index (χ3v) is 4.74. The number of allylic oxidation sites excluding steroid dienone is 1. The van der Waals surface area contributed by atoms with E-state index >= 15 is 0 Å². The van der Waals surface area contributed by atoms with Gasteiger partial charge in [-0.2, -0.15) is 0 Å². The summed E-state index contributed by atoms with van der Waals surface area (Å²) in [5, 5.41) is 21.7. The number of nitro groups is 1. The summed E-state index contributed by atoms with van der Waals surface area (Å²) in [6.45, 7) is 9.06. The maximum absolute atomic E-state index is 11.7. The Bertz CT molecular complexity index is 725. The normalized spacial score (nSPS) is 15.3. The minimum atomic E-state index is -1.17. The molecule has 0 bridgehead atoms. The first kappa shape index (κ1) is 21.8. The molecule has 144 valence electrons. The van der Waals surface area contributed by atoms with Crippen LogP contribution in [0.4, 0.5) is 5.69 Å². The van der Waals surface area contributed by atoms with Gasteiger partial charge in [0.1, 0.15) is 6.10 Å². The molecule has 2 unspecified atom stereocenters. The van der Waals surface area contributed by atoms with Gasteiger partial charge in [-0.05, 0) is 50.0 Å². The summed E-state index contributed by atoms with van der Waals surface area (Å²) in [5.74, 6) is -0.864. The van der Waals surface area contributed by atoms with Gasteiger partial charge in [0, 0.05) is 24.7 Å². The molecule has 0 aliphatic heterocycles. The van der Waals surface area contributed by atoms with E-state index in [1.54, 1.807) is 26.0 Å². The van der Waals surface area contributed by atoms with Crippen LogP contribution >= 0.6 is 0 Å². The summed E-state index contributed by atoms with van der Waals surface area (Å²) in [7, 11) is 2.54. The zero-order chi connectivity index (χ0) is 20.2. The largest absolute Gasteiger partial charge is 0.467 e. The lowest BCUT2D eigenvalue weighted by Gasteiger charge is -2.22. The molecule has 1 aromatic rings. The van der Waals surface area contributed by atoms with Crippen molar-refractivity contribution >= 4 is 11.7 Å². The highest BCUT2D eigenvalue weighted by molar-refractivity contribution is 5.75. The second-order valence-corrected chi connectivity index (χ2v) is 6.46. The molecule has 7 heteroatoms. The van der Waals surface area contributed by atoms with E-state index in [4.69, 9.17) is 4.74 Å². The van der Waals surface area contributed by atoms with Crippen molar-refractivity contribution in [1.29, 1.82) is 0 Å². The predicted octanol–water partition coefficient (Wildman–Crippen LogP) is 3.12. The molecule has 0 heterocycles. The number of methoxy groups -OCH3 is 2. The standard InChI is InChI=1S/C19H27NO6/c1-10-9-15(20(23)24)14(5)16(13(10)4)11(2)8-12(3)17(21)18(25-6)19(22)26-7/h8-9,11,17-18,21H,1-7H3/b12-8+/t11-,17?,18?/m0/s1. The molecule has 0 radical (unpaired) electrons. The van der Waals surface area contributed by atoms with Crippen LogP contribution in [0, 0.1) is 30.9 Å². The quantitative estimate of drug-likeness (QED) is 0.345. The topological polar surface area (TPSA) is 98.9 Å². The summed E-state index contributed by atoms with van der Waals surface area (Å²) in [4.78, 5) is 22.6. The van der Waals surface area contributed by atoms with Crippen LogP contribution in [0.1, 0.15) is 42.0 Å². The van der Waals surface area contributed by atoms with Gasteiger partial charge < -0.3 is 14.6 Å². The van der Waals surface area contributed by atoms with Crippen molar-refractivity contribution in [1.82, 2.24) is 0 Å². The van der Waals surface area contributed by atoms with Gasteiger partial charge in [0.25, 0.3) is 5.69 Å². The van der Waals surface area contributed by atoms with Crippen LogP contribution in [0.3, 0.4) is 0 Å². The molecule has 0 fully saturated rings. The SMILES string of the molecule is COC(=O)C(OC)C(O)/C(C)=C/[C@H](C)c1c(C)c(C)cc([N+](=O)[O-])c1C. The minimum absolute atomic E-state index is 0.0749. The minimum Gasteiger partial charge on any atom is -0.467 e. The first-order chi connectivity index (χ1) is 12.1. The molecule has 0 amide bonds. The number of aliphatic hydroxyl groups is 1. The monoisotopic (exact) mass is 365 g/mol. The first-order valence-corrected chi connectivity index (χ1v) is 8.28. The molecule has 0 aliphatic carbocycles. The van der Waals surface area contributed by atoms with E-state index in [0.29, 0.717) is 11.1 Å². The van der Waals surface area contributed by atoms with Crippen molar-refractivity contribution < 1.29 is 24.3 Å². The van der Waals surface area contributed by atoms with E-state index in [9.17, 15) is 20.0 Å². The highest BCUT2D eigenvalue weighted by Crippen LogP contribution is 2.34. The molecule has 7 nitrogen and oxygen atoms in total. The van der Waals surface area contributed by atoms with Gasteiger partial charge >= 0.3 is 5.97 Å². The fourth-order valence-corrected chi connectivity index (χ4v) is 3.21. The molecule has 1 rings (SSSR count). The number of benzene rings is 1. The molecule has 0 aromatic heterocycles. The molecule has 1 N–H and O–H groups in total. The van der Waals surface area contributed by atoms with Crippen LogP contribution in [0.2, 0.25) is 0 Å². The van der Waals surface area contributed by atoms with Crippen molar-refractivity contribution in [2.45, 2.75) is 52.7 Å². The Labute approximate surface area is 153 Å². The lowest BCUT2D eigenvalue weighted by Crippen LogP contribution is -2.37. The second kappa shape index (κ2) is 8.91. The van der Waals surface area contributed by atoms with Crippen LogP contribution in [-0.2, 0) is 14.3 Å². The molecule has 26 heavy (non-hydrogen) atoms. The number of nitrogens with zero attached hydrogens (tertiary/aromatic N) is 1. The summed E-state index contributed by atoms with van der Waals surface area (Å²) in [6.07, 6.45) is -0.509. The number of esters is 1. The van der Waals surface area contributed by atoms with E-state index in [1.807, 2.05) is 20.8 Å². The van der Waals surface area contributed by atoms with E-state index in [2.05, 4.69) is 4.74 Å². The Morgan fingerprint density at radius 3 is 2.31 bits per heavy atom. The van der Waals surface area contributed by atoms with Crippen LogP contribution in [0.15, 0.2) is 17.7 Å². The number of carbonyl (C=O) groups excluding carboxylic acids is 1. The van der Waals surface area contributed by atoms with Gasteiger partial charge in [0.05, 0.1) is 12.0 Å². The number of aryl methyl sites for hydroxylation is 1. The van der Waals surface area contributed by atoms with Gasteiger partial charge in [-0.1, -0.05) is 13.0 Å². The van der Waals surface area contributed by atoms with Gasteiger partial charge in [-0.25, -0.2) is 4.79 Å². The van der Waals surface area contributed by atoms with E-state index in [0.717, 1.165) is 16.7 Å². The Kier molecular flexibility index (Phi) is 7.47. The first-order valence-electron chi connectivity index (χ1n) is 8.28. The van der Waals surface area contributed by atoms with Crippen LogP contribution in [0.25, 0.3) is 0 Å². The third kappa shape index (κ3) is 4.47. The number of ether oxygens (including phenoxy) is 2. The Hall–Kier alpha value is -2.25. The van der Waals surface area contributed by atoms with Gasteiger partial charge in [-0.15, -0.1) is 0 Å². The zero-order valence-electron chi connectivity index (χ0n) is 16.3. The van der Waals surface area contributed by atoms with E-state index < -0.39 is 18.2 Å². The highest BCUT2D eigenvalue weighted by atomic mass is 16.6. The number of rotatable bonds is 7. The fraction of sp³-hybridized carbons (Fsp3) is 0.526. The van der Waals surface area contributed by atoms with Gasteiger partial charge in [0.2, 0.25) is 0 Å². The summed E-state index contributed by atoms with van der Waals surface area (Å²) < 4.78 is 9.67. The average Bonchev–Trinajstić information content (AvgIpc) is 2.58. The second-order valence-electron chi connectivity index (χ2n) is 6.46. The number of hydrogen-bond donors (Lipinski definition) is 1. The summed E-state index contributed by atoms with van der Waals surface area (Å²) in [5.41, 5.74) is 3.84. The molecule has 0 saturated heterocycles. The van der Waals surface area contributed by atoms with E-state index in [-0.39, 0.29) is 16.5 Å². The number of nitro benzene ring substituents is 1. The number of aliphatic hydroxyl groups excluding tert-OH is 1. The molecule has 0 spiro atoms. The number of hydrogen-bond acceptors (Lipinski definition) is 6. The predicted molar refractivity (Wildman–Crippen MR) is 98.3 cm³/mol. The van der Waals surface area contributed by atoms with Gasteiger partial charge in [-0.3, -0.25) is 10.1 Å². The highest BCUT2D eigenvalue weighted by Gasteiger charge is 2.29. The van der Waals surface area contributed by atoms with E-state index in [1.165, 1.54) is 14.2 Å². The maximum Gasteiger partial charge on any atom is 0.338 e.